The van der Waals surface area contributed by atoms with Gasteiger partial charge in [-0.2, -0.15) is 0 Å². The van der Waals surface area contributed by atoms with Crippen LogP contribution in [0.1, 0.15) is 41.4 Å². The van der Waals surface area contributed by atoms with Crippen molar-refractivity contribution in [1.82, 2.24) is 30.5 Å². The molecular weight excluding hydrogens is 328 g/mol. The Bertz CT molecular complexity index is 680. The van der Waals surface area contributed by atoms with E-state index >= 15 is 0 Å². The van der Waals surface area contributed by atoms with E-state index in [0.717, 1.165) is 45.4 Å². The molecule has 1 saturated heterocycles. The van der Waals surface area contributed by atoms with Gasteiger partial charge in [0, 0.05) is 13.1 Å². The molecule has 1 amide bonds. The van der Waals surface area contributed by atoms with Crippen LogP contribution in [0.25, 0.3) is 0 Å². The predicted octanol–water partition coefficient (Wildman–Crippen LogP) is 1.45. The van der Waals surface area contributed by atoms with Crippen molar-refractivity contribution in [3.05, 3.63) is 47.8 Å². The van der Waals surface area contributed by atoms with E-state index in [1.807, 2.05) is 10.7 Å². The van der Waals surface area contributed by atoms with E-state index in [1.165, 1.54) is 5.56 Å². The van der Waals surface area contributed by atoms with Gasteiger partial charge in [0.1, 0.15) is 0 Å². The molecule has 0 aliphatic carbocycles. The van der Waals surface area contributed by atoms with Crippen molar-refractivity contribution in [2.45, 2.75) is 31.8 Å². The highest BCUT2D eigenvalue weighted by Crippen LogP contribution is 2.16. The summed E-state index contributed by atoms with van der Waals surface area (Å²) in [4.78, 5) is 14.5. The average Bonchev–Trinajstić information content (AvgIpc) is 3.17. The highest BCUT2D eigenvalue weighted by Gasteiger charge is 2.18. The van der Waals surface area contributed by atoms with Gasteiger partial charge < -0.3 is 15.5 Å². The molecule has 7 nitrogen and oxygen atoms in total. The molecule has 140 valence electrons. The standard InChI is InChI=1S/C19H28N6O/c1-24(14-16-6-3-2-4-7-16)13-5-10-21-19(26)18-15-25(23-22-18)17-8-11-20-12-9-17/h2-4,6-7,15,17,20H,5,8-14H2,1H3,(H,21,26). The summed E-state index contributed by atoms with van der Waals surface area (Å²) >= 11 is 0. The lowest BCUT2D eigenvalue weighted by Gasteiger charge is -2.22. The fourth-order valence-electron chi connectivity index (χ4n) is 3.25. The van der Waals surface area contributed by atoms with Gasteiger partial charge in [-0.25, -0.2) is 4.68 Å². The minimum absolute atomic E-state index is 0.143. The number of piperidine rings is 1. The van der Waals surface area contributed by atoms with Gasteiger partial charge >= 0.3 is 0 Å². The Balaban J connectivity index is 1.37. The maximum atomic E-state index is 12.2. The second kappa shape index (κ2) is 9.45. The van der Waals surface area contributed by atoms with Crippen molar-refractivity contribution in [2.24, 2.45) is 0 Å². The molecule has 0 bridgehead atoms. The zero-order chi connectivity index (χ0) is 18.2. The molecule has 7 heteroatoms. The molecule has 0 radical (unpaired) electrons. The molecule has 3 rings (SSSR count). The van der Waals surface area contributed by atoms with Crippen LogP contribution in [0.5, 0.6) is 0 Å². The molecule has 1 aromatic carbocycles. The smallest absolute Gasteiger partial charge is 0.273 e. The van der Waals surface area contributed by atoms with Crippen molar-refractivity contribution in [1.29, 1.82) is 0 Å². The lowest BCUT2D eigenvalue weighted by Crippen LogP contribution is -2.30. The first-order chi connectivity index (χ1) is 12.7. The predicted molar refractivity (Wildman–Crippen MR) is 101 cm³/mol. The van der Waals surface area contributed by atoms with Crippen molar-refractivity contribution >= 4 is 5.91 Å². The number of aromatic nitrogens is 3. The quantitative estimate of drug-likeness (QED) is 0.701. The van der Waals surface area contributed by atoms with E-state index in [-0.39, 0.29) is 5.91 Å². The van der Waals surface area contributed by atoms with Crippen molar-refractivity contribution in [3.63, 3.8) is 0 Å². The topological polar surface area (TPSA) is 75.1 Å². The van der Waals surface area contributed by atoms with Crippen LogP contribution in [0.15, 0.2) is 36.5 Å². The van der Waals surface area contributed by atoms with E-state index in [4.69, 9.17) is 0 Å². The van der Waals surface area contributed by atoms with Crippen molar-refractivity contribution in [2.75, 3.05) is 33.2 Å². The SMILES string of the molecule is CN(CCCNC(=O)c1cn(C2CCNCC2)nn1)Cc1ccccc1. The molecule has 0 unspecified atom stereocenters. The minimum atomic E-state index is -0.143. The van der Waals surface area contributed by atoms with Crippen LogP contribution < -0.4 is 10.6 Å². The summed E-state index contributed by atoms with van der Waals surface area (Å²) in [6, 6.07) is 10.7. The summed E-state index contributed by atoms with van der Waals surface area (Å²) in [5.74, 6) is -0.143. The number of benzene rings is 1. The van der Waals surface area contributed by atoms with Gasteiger partial charge in [-0.3, -0.25) is 4.79 Å². The normalized spacial score (nSPS) is 15.3. The van der Waals surface area contributed by atoms with Crippen LogP contribution >= 0.6 is 0 Å². The fraction of sp³-hybridized carbons (Fsp3) is 0.526. The van der Waals surface area contributed by atoms with E-state index < -0.39 is 0 Å². The number of hydrogen-bond donors (Lipinski definition) is 2. The molecule has 0 atom stereocenters. The second-order valence-corrected chi connectivity index (χ2v) is 6.90. The summed E-state index contributed by atoms with van der Waals surface area (Å²) < 4.78 is 1.84. The Labute approximate surface area is 154 Å². The van der Waals surface area contributed by atoms with Crippen molar-refractivity contribution < 1.29 is 4.79 Å². The summed E-state index contributed by atoms with van der Waals surface area (Å²) in [5, 5.41) is 14.4. The summed E-state index contributed by atoms with van der Waals surface area (Å²) in [7, 11) is 2.10. The van der Waals surface area contributed by atoms with E-state index in [0.29, 0.717) is 18.3 Å². The molecule has 0 spiro atoms. The number of carbonyl (C=O) groups is 1. The molecule has 2 aromatic rings. The first kappa shape index (κ1) is 18.5. The molecular formula is C19H28N6O. The largest absolute Gasteiger partial charge is 0.351 e. The summed E-state index contributed by atoms with van der Waals surface area (Å²) in [5.41, 5.74) is 1.70. The number of amides is 1. The molecule has 0 saturated carbocycles. The van der Waals surface area contributed by atoms with Gasteiger partial charge in [-0.1, -0.05) is 35.5 Å². The Morgan fingerprint density at radius 3 is 2.85 bits per heavy atom. The minimum Gasteiger partial charge on any atom is -0.351 e. The Morgan fingerprint density at radius 2 is 2.08 bits per heavy atom. The molecule has 26 heavy (non-hydrogen) atoms. The molecule has 1 aliphatic heterocycles. The van der Waals surface area contributed by atoms with Crippen molar-refractivity contribution in [3.8, 4) is 0 Å². The van der Waals surface area contributed by atoms with Gasteiger partial charge in [0.05, 0.1) is 12.2 Å². The zero-order valence-electron chi connectivity index (χ0n) is 15.4. The van der Waals surface area contributed by atoms with Gasteiger partial charge in [0.25, 0.3) is 5.91 Å². The van der Waals surface area contributed by atoms with E-state index in [9.17, 15) is 4.79 Å². The molecule has 1 fully saturated rings. The van der Waals surface area contributed by atoms with Crippen LogP contribution in [0.3, 0.4) is 0 Å². The fourth-order valence-corrected chi connectivity index (χ4v) is 3.25. The highest BCUT2D eigenvalue weighted by atomic mass is 16.2. The van der Waals surface area contributed by atoms with E-state index in [1.54, 1.807) is 6.20 Å². The Morgan fingerprint density at radius 1 is 1.31 bits per heavy atom. The third-order valence-corrected chi connectivity index (χ3v) is 4.72. The average molecular weight is 356 g/mol. The zero-order valence-corrected chi connectivity index (χ0v) is 15.4. The molecule has 1 aliphatic rings. The number of nitrogens with one attached hydrogen (secondary N) is 2. The maximum Gasteiger partial charge on any atom is 0.273 e. The number of rotatable bonds is 8. The van der Waals surface area contributed by atoms with Crippen LogP contribution in [0, 0.1) is 0 Å². The first-order valence-electron chi connectivity index (χ1n) is 9.35. The first-order valence-corrected chi connectivity index (χ1v) is 9.35. The molecule has 1 aromatic heterocycles. The summed E-state index contributed by atoms with van der Waals surface area (Å²) in [6.45, 7) is 4.46. The van der Waals surface area contributed by atoms with Crippen LogP contribution in [0.4, 0.5) is 0 Å². The third-order valence-electron chi connectivity index (χ3n) is 4.72. The molecule has 2 heterocycles. The monoisotopic (exact) mass is 356 g/mol. The van der Waals surface area contributed by atoms with Crippen LogP contribution in [0.2, 0.25) is 0 Å². The van der Waals surface area contributed by atoms with Gasteiger partial charge in [-0.15, -0.1) is 5.10 Å². The highest BCUT2D eigenvalue weighted by molar-refractivity contribution is 5.91. The molecule has 2 N–H and O–H groups in total. The summed E-state index contributed by atoms with van der Waals surface area (Å²) in [6.07, 6.45) is 4.72. The van der Waals surface area contributed by atoms with Gasteiger partial charge in [0.2, 0.25) is 0 Å². The lowest BCUT2D eigenvalue weighted by molar-refractivity contribution is 0.0947. The number of hydrogen-bond acceptors (Lipinski definition) is 5. The Hall–Kier alpha value is -2.25. The third kappa shape index (κ3) is 5.37. The van der Waals surface area contributed by atoms with E-state index in [2.05, 4.69) is 57.2 Å². The maximum absolute atomic E-state index is 12.2. The Kier molecular flexibility index (Phi) is 6.74. The number of carbonyl (C=O) groups excluding carboxylic acids is 1. The second-order valence-electron chi connectivity index (χ2n) is 6.90. The van der Waals surface area contributed by atoms with Gasteiger partial charge in [0.15, 0.2) is 5.69 Å². The number of nitrogens with zero attached hydrogens (tertiary/aromatic N) is 4. The van der Waals surface area contributed by atoms with Gasteiger partial charge in [-0.05, 0) is 51.5 Å². The lowest BCUT2D eigenvalue weighted by atomic mass is 10.1. The van der Waals surface area contributed by atoms with Crippen LogP contribution in [-0.4, -0.2) is 59.0 Å². The van der Waals surface area contributed by atoms with Crippen LogP contribution in [-0.2, 0) is 6.54 Å².